The van der Waals surface area contributed by atoms with Crippen molar-refractivity contribution in [2.24, 2.45) is 0 Å². The van der Waals surface area contributed by atoms with E-state index in [1.165, 1.54) is 11.1 Å². The van der Waals surface area contributed by atoms with Crippen LogP contribution in [0.2, 0.25) is 0 Å². The maximum Gasteiger partial charge on any atom is 0.264 e. The molecule has 2 heterocycles. The third-order valence-corrected chi connectivity index (χ3v) is 4.40. The van der Waals surface area contributed by atoms with E-state index in [-0.39, 0.29) is 0 Å². The Labute approximate surface area is 147 Å². The lowest BCUT2D eigenvalue weighted by Crippen LogP contribution is -2.16. The van der Waals surface area contributed by atoms with E-state index in [1.807, 2.05) is 24.3 Å². The summed E-state index contributed by atoms with van der Waals surface area (Å²) in [5.41, 5.74) is 3.92. The minimum absolute atomic E-state index is 0.291. The summed E-state index contributed by atoms with van der Waals surface area (Å²) in [6.45, 7) is 2.35. The van der Waals surface area contributed by atoms with E-state index in [0.717, 1.165) is 37.2 Å². The molecule has 0 fully saturated rings. The average Bonchev–Trinajstić information content (AvgIpc) is 2.95. The van der Waals surface area contributed by atoms with Gasteiger partial charge in [-0.3, -0.25) is 0 Å². The van der Waals surface area contributed by atoms with Crippen LogP contribution in [0.5, 0.6) is 5.75 Å². The van der Waals surface area contributed by atoms with Crippen LogP contribution in [-0.4, -0.2) is 23.2 Å². The van der Waals surface area contributed by atoms with E-state index >= 15 is 0 Å². The molecule has 1 aliphatic rings. The summed E-state index contributed by atoms with van der Waals surface area (Å²) in [5.74, 6) is 2.03. The Bertz CT molecular complexity index is 830. The topological polar surface area (TPSA) is 60.2 Å². The van der Waals surface area contributed by atoms with E-state index in [1.54, 1.807) is 0 Å². The van der Waals surface area contributed by atoms with Gasteiger partial charge < -0.3 is 14.6 Å². The smallest absolute Gasteiger partial charge is 0.264 e. The van der Waals surface area contributed by atoms with Gasteiger partial charge in [-0.05, 0) is 54.8 Å². The van der Waals surface area contributed by atoms with Crippen LogP contribution in [0.1, 0.15) is 28.4 Å². The number of nitrogens with one attached hydrogen (secondary N) is 1. The van der Waals surface area contributed by atoms with Crippen LogP contribution < -0.4 is 10.1 Å². The van der Waals surface area contributed by atoms with Gasteiger partial charge in [0.05, 0.1) is 0 Å². The largest absolute Gasteiger partial charge is 0.484 e. The first-order valence-corrected chi connectivity index (χ1v) is 8.67. The van der Waals surface area contributed by atoms with Crippen molar-refractivity contribution < 1.29 is 9.26 Å². The lowest BCUT2D eigenvalue weighted by Gasteiger charge is -2.08. The molecule has 5 nitrogen and oxygen atoms in total. The molecule has 0 unspecified atom stereocenters. The molecular weight excluding hydrogens is 314 g/mol. The molecule has 0 saturated heterocycles. The minimum atomic E-state index is 0.291. The normalized spacial score (nSPS) is 13.9. The number of nitrogens with zero attached hydrogens (tertiary/aromatic N) is 2. The first-order valence-electron chi connectivity index (χ1n) is 8.67. The predicted molar refractivity (Wildman–Crippen MR) is 94.6 cm³/mol. The fourth-order valence-electron chi connectivity index (χ4n) is 3.08. The van der Waals surface area contributed by atoms with Crippen LogP contribution >= 0.6 is 0 Å². The zero-order chi connectivity index (χ0) is 16.9. The van der Waals surface area contributed by atoms with Crippen LogP contribution in [0.4, 0.5) is 0 Å². The van der Waals surface area contributed by atoms with E-state index in [2.05, 4.69) is 39.7 Å². The summed E-state index contributed by atoms with van der Waals surface area (Å²) in [5, 5.41) is 7.45. The molecule has 0 amide bonds. The standard InChI is InChI=1S/C20H21N3O2/c1-2-4-15(5-3-1)12-19-22-20(25-23-19)14-24-18-7-6-16-8-10-21-11-9-17(16)13-18/h1-7,13,21H,8-12,14H2. The second-order valence-corrected chi connectivity index (χ2v) is 6.24. The fraction of sp³-hybridized carbons (Fsp3) is 0.300. The summed E-state index contributed by atoms with van der Waals surface area (Å²) >= 11 is 0. The summed E-state index contributed by atoms with van der Waals surface area (Å²) in [6, 6.07) is 16.4. The summed E-state index contributed by atoms with van der Waals surface area (Å²) < 4.78 is 11.1. The summed E-state index contributed by atoms with van der Waals surface area (Å²) in [7, 11) is 0. The molecule has 0 aliphatic carbocycles. The van der Waals surface area contributed by atoms with Gasteiger partial charge in [-0.1, -0.05) is 41.6 Å². The SMILES string of the molecule is c1ccc(Cc2noc(COc3ccc4c(c3)CCNCC4)n2)cc1. The zero-order valence-electron chi connectivity index (χ0n) is 14.1. The van der Waals surface area contributed by atoms with E-state index < -0.39 is 0 Å². The second-order valence-electron chi connectivity index (χ2n) is 6.24. The molecule has 0 atom stereocenters. The Hall–Kier alpha value is -2.66. The maximum absolute atomic E-state index is 5.85. The van der Waals surface area contributed by atoms with Crippen LogP contribution in [-0.2, 0) is 25.9 Å². The van der Waals surface area contributed by atoms with Crippen LogP contribution in [0.25, 0.3) is 0 Å². The molecule has 1 aromatic heterocycles. The highest BCUT2D eigenvalue weighted by atomic mass is 16.5. The zero-order valence-corrected chi connectivity index (χ0v) is 14.1. The predicted octanol–water partition coefficient (Wildman–Crippen LogP) is 2.93. The van der Waals surface area contributed by atoms with Crippen molar-refractivity contribution in [3.63, 3.8) is 0 Å². The lowest BCUT2D eigenvalue weighted by molar-refractivity contribution is 0.242. The van der Waals surface area contributed by atoms with Crippen molar-refractivity contribution >= 4 is 0 Å². The van der Waals surface area contributed by atoms with Crippen molar-refractivity contribution in [2.75, 3.05) is 13.1 Å². The quantitative estimate of drug-likeness (QED) is 0.777. The maximum atomic E-state index is 5.85. The monoisotopic (exact) mass is 335 g/mol. The number of hydrogen-bond donors (Lipinski definition) is 1. The molecule has 0 saturated carbocycles. The molecule has 2 aromatic carbocycles. The Morgan fingerprint density at radius 1 is 1.00 bits per heavy atom. The van der Waals surface area contributed by atoms with Gasteiger partial charge in [-0.15, -0.1) is 0 Å². The van der Waals surface area contributed by atoms with Crippen molar-refractivity contribution in [3.8, 4) is 5.75 Å². The van der Waals surface area contributed by atoms with E-state index in [4.69, 9.17) is 9.26 Å². The number of fused-ring (bicyclic) bond motifs is 1. The molecule has 0 spiro atoms. The molecule has 4 rings (SSSR count). The van der Waals surface area contributed by atoms with Crippen molar-refractivity contribution in [1.82, 2.24) is 15.5 Å². The highest BCUT2D eigenvalue weighted by molar-refractivity contribution is 5.36. The molecule has 1 N–H and O–H groups in total. The van der Waals surface area contributed by atoms with Crippen LogP contribution in [0.3, 0.4) is 0 Å². The van der Waals surface area contributed by atoms with Gasteiger partial charge in [0.15, 0.2) is 12.4 Å². The minimum Gasteiger partial charge on any atom is -0.484 e. The third kappa shape index (κ3) is 4.06. The Morgan fingerprint density at radius 3 is 2.72 bits per heavy atom. The van der Waals surface area contributed by atoms with Crippen molar-refractivity contribution in [1.29, 1.82) is 0 Å². The van der Waals surface area contributed by atoms with Gasteiger partial charge in [-0.2, -0.15) is 4.98 Å². The number of rotatable bonds is 5. The number of hydrogen-bond acceptors (Lipinski definition) is 5. The van der Waals surface area contributed by atoms with Gasteiger partial charge in [-0.25, -0.2) is 0 Å². The highest BCUT2D eigenvalue weighted by Gasteiger charge is 2.11. The van der Waals surface area contributed by atoms with Crippen LogP contribution in [0, 0.1) is 0 Å². The Kier molecular flexibility index (Phi) is 4.74. The van der Waals surface area contributed by atoms with Crippen molar-refractivity contribution in [3.05, 3.63) is 76.9 Å². The van der Waals surface area contributed by atoms with Gasteiger partial charge >= 0.3 is 0 Å². The summed E-state index contributed by atoms with van der Waals surface area (Å²) in [4.78, 5) is 4.41. The highest BCUT2D eigenvalue weighted by Crippen LogP contribution is 2.21. The molecular formula is C20H21N3O2. The van der Waals surface area contributed by atoms with Gasteiger partial charge in [0.25, 0.3) is 5.89 Å². The first kappa shape index (κ1) is 15.8. The van der Waals surface area contributed by atoms with Gasteiger partial charge in [0.2, 0.25) is 0 Å². The van der Waals surface area contributed by atoms with E-state index in [0.29, 0.717) is 24.7 Å². The molecule has 25 heavy (non-hydrogen) atoms. The summed E-state index contributed by atoms with van der Waals surface area (Å²) in [6.07, 6.45) is 2.77. The third-order valence-electron chi connectivity index (χ3n) is 4.40. The number of aromatic nitrogens is 2. The van der Waals surface area contributed by atoms with Gasteiger partial charge in [0.1, 0.15) is 5.75 Å². The number of ether oxygens (including phenoxy) is 1. The number of benzene rings is 2. The molecule has 0 radical (unpaired) electrons. The van der Waals surface area contributed by atoms with Crippen molar-refractivity contribution in [2.45, 2.75) is 25.9 Å². The van der Waals surface area contributed by atoms with Gasteiger partial charge in [0, 0.05) is 6.42 Å². The molecule has 5 heteroatoms. The fourth-order valence-corrected chi connectivity index (χ4v) is 3.08. The molecule has 1 aliphatic heterocycles. The molecule has 0 bridgehead atoms. The Morgan fingerprint density at radius 2 is 1.84 bits per heavy atom. The first-order chi connectivity index (χ1) is 12.4. The molecule has 128 valence electrons. The van der Waals surface area contributed by atoms with E-state index in [9.17, 15) is 0 Å². The molecule has 3 aromatic rings. The van der Waals surface area contributed by atoms with Crippen LogP contribution in [0.15, 0.2) is 53.1 Å². The Balaban J connectivity index is 1.38. The average molecular weight is 335 g/mol. The second kappa shape index (κ2) is 7.49. The lowest BCUT2D eigenvalue weighted by atomic mass is 10.0.